The van der Waals surface area contributed by atoms with Crippen LogP contribution in [0.25, 0.3) is 0 Å². The molecule has 0 aromatic rings. The SMILES string of the molecule is CC(C)(C)OC(=O)[C@H]1C=C[C@@H](N)C1. The predicted molar refractivity (Wildman–Crippen MR) is 51.1 cm³/mol. The van der Waals surface area contributed by atoms with Crippen molar-refractivity contribution in [2.45, 2.75) is 38.8 Å². The number of hydrogen-bond donors (Lipinski definition) is 1. The van der Waals surface area contributed by atoms with Gasteiger partial charge in [0.1, 0.15) is 5.60 Å². The second-order valence-corrected chi connectivity index (χ2v) is 4.42. The van der Waals surface area contributed by atoms with Gasteiger partial charge in [0, 0.05) is 6.04 Å². The molecule has 0 spiro atoms. The number of carbonyl (C=O) groups excluding carboxylic acids is 1. The first-order valence-electron chi connectivity index (χ1n) is 4.55. The molecule has 2 N–H and O–H groups in total. The van der Waals surface area contributed by atoms with Gasteiger partial charge >= 0.3 is 5.97 Å². The quantitative estimate of drug-likeness (QED) is 0.491. The summed E-state index contributed by atoms with van der Waals surface area (Å²) in [5.74, 6) is -0.314. The lowest BCUT2D eigenvalue weighted by Crippen LogP contribution is -2.28. The van der Waals surface area contributed by atoms with Crippen LogP contribution < -0.4 is 5.73 Å². The number of rotatable bonds is 1. The fourth-order valence-corrected chi connectivity index (χ4v) is 1.28. The molecule has 0 radical (unpaired) electrons. The van der Waals surface area contributed by atoms with Gasteiger partial charge < -0.3 is 10.5 Å². The first-order chi connectivity index (χ1) is 5.88. The molecule has 1 aliphatic carbocycles. The Bertz CT molecular complexity index is 228. The molecule has 74 valence electrons. The van der Waals surface area contributed by atoms with Gasteiger partial charge in [0.05, 0.1) is 5.92 Å². The van der Waals surface area contributed by atoms with E-state index in [2.05, 4.69) is 0 Å². The lowest BCUT2D eigenvalue weighted by atomic mass is 10.1. The fraction of sp³-hybridized carbons (Fsp3) is 0.700. The topological polar surface area (TPSA) is 52.3 Å². The summed E-state index contributed by atoms with van der Waals surface area (Å²) >= 11 is 0. The van der Waals surface area contributed by atoms with E-state index in [4.69, 9.17) is 10.5 Å². The molecule has 3 heteroatoms. The maximum atomic E-state index is 11.5. The Morgan fingerprint density at radius 2 is 2.08 bits per heavy atom. The molecule has 0 heterocycles. The van der Waals surface area contributed by atoms with Gasteiger partial charge in [-0.15, -0.1) is 0 Å². The minimum Gasteiger partial charge on any atom is -0.460 e. The normalized spacial score (nSPS) is 27.7. The summed E-state index contributed by atoms with van der Waals surface area (Å²) in [5.41, 5.74) is 5.23. The summed E-state index contributed by atoms with van der Waals surface area (Å²) in [4.78, 5) is 11.5. The van der Waals surface area contributed by atoms with E-state index in [1.807, 2.05) is 32.9 Å². The molecule has 0 aromatic heterocycles. The Balaban J connectivity index is 2.46. The zero-order valence-electron chi connectivity index (χ0n) is 8.41. The Morgan fingerprint density at radius 1 is 1.46 bits per heavy atom. The molecule has 1 rings (SSSR count). The average Bonchev–Trinajstić information content (AvgIpc) is 2.31. The fourth-order valence-electron chi connectivity index (χ4n) is 1.28. The number of esters is 1. The highest BCUT2D eigenvalue weighted by Crippen LogP contribution is 2.20. The van der Waals surface area contributed by atoms with E-state index in [-0.39, 0.29) is 17.9 Å². The standard InChI is InChI=1S/C10H17NO2/c1-10(2,3)13-9(12)7-4-5-8(11)6-7/h4-5,7-8H,6,11H2,1-3H3/t7-,8+/m0/s1. The van der Waals surface area contributed by atoms with Crippen LogP contribution in [0.4, 0.5) is 0 Å². The monoisotopic (exact) mass is 183 g/mol. The molecule has 2 atom stereocenters. The van der Waals surface area contributed by atoms with Crippen molar-refractivity contribution < 1.29 is 9.53 Å². The Morgan fingerprint density at radius 3 is 2.46 bits per heavy atom. The first kappa shape index (κ1) is 10.3. The van der Waals surface area contributed by atoms with Gasteiger partial charge in [-0.25, -0.2) is 0 Å². The van der Waals surface area contributed by atoms with Crippen LogP contribution in [-0.4, -0.2) is 17.6 Å². The van der Waals surface area contributed by atoms with Crippen LogP contribution in [0.15, 0.2) is 12.2 Å². The minimum absolute atomic E-state index is 0.0116. The van der Waals surface area contributed by atoms with Crippen LogP contribution in [0, 0.1) is 5.92 Å². The molecular weight excluding hydrogens is 166 g/mol. The first-order valence-corrected chi connectivity index (χ1v) is 4.55. The highest BCUT2D eigenvalue weighted by atomic mass is 16.6. The summed E-state index contributed by atoms with van der Waals surface area (Å²) in [6, 6.07) is 0.0116. The van der Waals surface area contributed by atoms with Crippen LogP contribution in [-0.2, 0) is 9.53 Å². The van der Waals surface area contributed by atoms with Crippen molar-refractivity contribution in [3.05, 3.63) is 12.2 Å². The molecule has 0 aliphatic heterocycles. The highest BCUT2D eigenvalue weighted by Gasteiger charge is 2.27. The summed E-state index contributed by atoms with van der Waals surface area (Å²) in [7, 11) is 0. The molecule has 0 saturated carbocycles. The van der Waals surface area contributed by atoms with Crippen molar-refractivity contribution in [3.8, 4) is 0 Å². The lowest BCUT2D eigenvalue weighted by Gasteiger charge is -2.21. The average molecular weight is 183 g/mol. The van der Waals surface area contributed by atoms with Crippen LogP contribution in [0.3, 0.4) is 0 Å². The third-order valence-electron chi connectivity index (χ3n) is 1.83. The summed E-state index contributed by atoms with van der Waals surface area (Å²) < 4.78 is 5.22. The number of nitrogens with two attached hydrogens (primary N) is 1. The van der Waals surface area contributed by atoms with Crippen molar-refractivity contribution in [2.24, 2.45) is 11.7 Å². The van der Waals surface area contributed by atoms with Gasteiger partial charge in [-0.05, 0) is 27.2 Å². The van der Waals surface area contributed by atoms with E-state index in [1.165, 1.54) is 0 Å². The molecule has 0 unspecified atom stereocenters. The second kappa shape index (κ2) is 3.50. The number of hydrogen-bond acceptors (Lipinski definition) is 3. The summed E-state index contributed by atoms with van der Waals surface area (Å²) in [6.45, 7) is 5.59. The Labute approximate surface area is 78.9 Å². The summed E-state index contributed by atoms with van der Waals surface area (Å²) in [6.07, 6.45) is 4.36. The summed E-state index contributed by atoms with van der Waals surface area (Å²) in [5, 5.41) is 0. The minimum atomic E-state index is -0.405. The van der Waals surface area contributed by atoms with Gasteiger partial charge in [-0.1, -0.05) is 12.2 Å². The maximum absolute atomic E-state index is 11.5. The molecule has 3 nitrogen and oxygen atoms in total. The molecule has 13 heavy (non-hydrogen) atoms. The van der Waals surface area contributed by atoms with E-state index >= 15 is 0 Å². The van der Waals surface area contributed by atoms with Crippen molar-refractivity contribution >= 4 is 5.97 Å². The van der Waals surface area contributed by atoms with Crippen molar-refractivity contribution in [3.63, 3.8) is 0 Å². The third-order valence-corrected chi connectivity index (χ3v) is 1.83. The van der Waals surface area contributed by atoms with Gasteiger partial charge in [-0.3, -0.25) is 4.79 Å². The maximum Gasteiger partial charge on any atom is 0.313 e. The van der Waals surface area contributed by atoms with Gasteiger partial charge in [-0.2, -0.15) is 0 Å². The van der Waals surface area contributed by atoms with Crippen LogP contribution in [0.1, 0.15) is 27.2 Å². The van der Waals surface area contributed by atoms with E-state index in [0.29, 0.717) is 6.42 Å². The number of carbonyl (C=O) groups is 1. The number of ether oxygens (including phenoxy) is 1. The molecule has 0 aromatic carbocycles. The third kappa shape index (κ3) is 3.19. The van der Waals surface area contributed by atoms with E-state index in [0.717, 1.165) is 0 Å². The van der Waals surface area contributed by atoms with Crippen molar-refractivity contribution in [2.75, 3.05) is 0 Å². The highest BCUT2D eigenvalue weighted by molar-refractivity contribution is 5.75. The zero-order chi connectivity index (χ0) is 10.1. The van der Waals surface area contributed by atoms with Crippen molar-refractivity contribution in [1.82, 2.24) is 0 Å². The lowest BCUT2D eigenvalue weighted by molar-refractivity contribution is -0.158. The van der Waals surface area contributed by atoms with E-state index in [9.17, 15) is 4.79 Å². The Kier molecular flexibility index (Phi) is 2.76. The van der Waals surface area contributed by atoms with Gasteiger partial charge in [0.15, 0.2) is 0 Å². The van der Waals surface area contributed by atoms with Crippen molar-refractivity contribution in [1.29, 1.82) is 0 Å². The van der Waals surface area contributed by atoms with Gasteiger partial charge in [0.25, 0.3) is 0 Å². The largest absolute Gasteiger partial charge is 0.460 e. The smallest absolute Gasteiger partial charge is 0.313 e. The van der Waals surface area contributed by atoms with Crippen LogP contribution in [0.5, 0.6) is 0 Å². The van der Waals surface area contributed by atoms with Gasteiger partial charge in [0.2, 0.25) is 0 Å². The molecular formula is C10H17NO2. The molecule has 0 fully saturated rings. The molecule has 0 bridgehead atoms. The molecule has 0 amide bonds. The Hall–Kier alpha value is -0.830. The zero-order valence-corrected chi connectivity index (χ0v) is 8.41. The molecule has 0 saturated heterocycles. The molecule has 1 aliphatic rings. The van der Waals surface area contributed by atoms with E-state index < -0.39 is 5.60 Å². The van der Waals surface area contributed by atoms with Crippen LogP contribution >= 0.6 is 0 Å². The van der Waals surface area contributed by atoms with Crippen LogP contribution in [0.2, 0.25) is 0 Å². The second-order valence-electron chi connectivity index (χ2n) is 4.42. The van der Waals surface area contributed by atoms with E-state index in [1.54, 1.807) is 0 Å². The predicted octanol–water partition coefficient (Wildman–Crippen LogP) is 1.23.